The Morgan fingerprint density at radius 3 is 2.24 bits per heavy atom. The van der Waals surface area contributed by atoms with Gasteiger partial charge in [0.25, 0.3) is 11.4 Å². The van der Waals surface area contributed by atoms with Crippen LogP contribution in [0.4, 0.5) is 14.9 Å². The van der Waals surface area contributed by atoms with Crippen molar-refractivity contribution < 1.29 is 27.9 Å². The summed E-state index contributed by atoms with van der Waals surface area (Å²) in [7, 11) is 1.16. The van der Waals surface area contributed by atoms with Crippen molar-refractivity contribution in [3.8, 4) is 0 Å². The molecule has 2 amide bonds. The van der Waals surface area contributed by atoms with E-state index in [4.69, 9.17) is 4.42 Å². The number of hydrogen-bond donors (Lipinski definition) is 2. The fourth-order valence-electron chi connectivity index (χ4n) is 4.27. The second kappa shape index (κ2) is 12.2. The number of benzene rings is 1. The van der Waals surface area contributed by atoms with Gasteiger partial charge in [-0.25, -0.2) is 14.2 Å². The first-order chi connectivity index (χ1) is 19.5. The maximum absolute atomic E-state index is 13.4. The molecular weight excluding hydrogens is 547 g/mol. The second-order valence-electron chi connectivity index (χ2n) is 11.9. The van der Waals surface area contributed by atoms with E-state index < -0.39 is 46.8 Å². The van der Waals surface area contributed by atoms with Gasteiger partial charge in [-0.15, -0.1) is 10.2 Å². The molecule has 1 atom stereocenters. The third-order valence-corrected chi connectivity index (χ3v) is 6.74. The van der Waals surface area contributed by atoms with Gasteiger partial charge in [-0.2, -0.15) is 0 Å². The summed E-state index contributed by atoms with van der Waals surface area (Å²) in [5.74, 6) is -1.86. The highest BCUT2D eigenvalue weighted by atomic mass is 19.1. The van der Waals surface area contributed by atoms with Gasteiger partial charge in [-0.3, -0.25) is 24.3 Å². The lowest BCUT2D eigenvalue weighted by Crippen LogP contribution is -2.47. The first kappa shape index (κ1) is 32.1. The predicted molar refractivity (Wildman–Crippen MR) is 152 cm³/mol. The molecule has 1 aromatic carbocycles. The number of nitrogens with one attached hydrogen (secondary N) is 2. The molecule has 0 radical (unpaired) electrons. The number of halogens is 1. The number of Topliss-reactive ketones (excluding diaryl/α,β-unsaturated/α-hetero) is 1. The molecule has 1 unspecified atom stereocenters. The Labute approximate surface area is 243 Å². The zero-order valence-electron chi connectivity index (χ0n) is 25.3. The Kier molecular flexibility index (Phi) is 9.33. The van der Waals surface area contributed by atoms with Crippen molar-refractivity contribution in [1.29, 1.82) is 0 Å². The summed E-state index contributed by atoms with van der Waals surface area (Å²) < 4.78 is 24.9. The number of carbonyl (C=O) groups excluding carboxylic acids is 3. The van der Waals surface area contributed by atoms with E-state index >= 15 is 0 Å². The molecule has 2 heterocycles. The maximum atomic E-state index is 13.4. The normalized spacial score (nSPS) is 12.6. The minimum Gasteiger partial charge on any atom is -0.453 e. The number of ketones is 1. The van der Waals surface area contributed by atoms with Crippen molar-refractivity contribution in [2.24, 2.45) is 5.92 Å². The highest BCUT2D eigenvalue weighted by Gasteiger charge is 2.34. The molecule has 0 aliphatic carbocycles. The molecule has 42 heavy (non-hydrogen) atoms. The molecule has 3 aromatic rings. The van der Waals surface area contributed by atoms with Crippen LogP contribution < -0.4 is 16.2 Å². The van der Waals surface area contributed by atoms with Gasteiger partial charge in [0.2, 0.25) is 17.6 Å². The van der Waals surface area contributed by atoms with E-state index in [0.29, 0.717) is 11.4 Å². The molecule has 3 rings (SSSR count). The SMILES string of the molecule is COC(=O)Nc1c(C)nc(C(C)(C)C)n(CC(=O)NC(C(=O)c2nnc(C(C)(C)c3ccc(F)cc3)o2)C(C)C)c1=O. The highest BCUT2D eigenvalue weighted by molar-refractivity contribution is 5.98. The summed E-state index contributed by atoms with van der Waals surface area (Å²) in [6.07, 6.45) is -0.858. The van der Waals surface area contributed by atoms with Crippen molar-refractivity contribution in [2.45, 2.75) is 78.8 Å². The summed E-state index contributed by atoms with van der Waals surface area (Å²) in [6.45, 7) is 13.7. The van der Waals surface area contributed by atoms with Crippen LogP contribution in [0.1, 0.15) is 82.1 Å². The average Bonchev–Trinajstić information content (AvgIpc) is 3.41. The van der Waals surface area contributed by atoms with Crippen LogP contribution in [0.2, 0.25) is 0 Å². The lowest BCUT2D eigenvalue weighted by Gasteiger charge is -2.25. The van der Waals surface area contributed by atoms with E-state index in [1.807, 2.05) is 20.8 Å². The molecule has 2 aromatic heterocycles. The monoisotopic (exact) mass is 584 g/mol. The van der Waals surface area contributed by atoms with Crippen LogP contribution in [0, 0.1) is 18.7 Å². The molecule has 0 fully saturated rings. The number of methoxy groups -OCH3 is 1. The quantitative estimate of drug-likeness (QED) is 0.356. The van der Waals surface area contributed by atoms with E-state index in [1.165, 1.54) is 12.1 Å². The van der Waals surface area contributed by atoms with Crippen LogP contribution in [0.3, 0.4) is 0 Å². The Balaban J connectivity index is 1.89. The summed E-state index contributed by atoms with van der Waals surface area (Å²) in [6, 6.07) is 4.77. The maximum Gasteiger partial charge on any atom is 0.411 e. The number of aromatic nitrogens is 4. The topological polar surface area (TPSA) is 158 Å². The largest absolute Gasteiger partial charge is 0.453 e. The Morgan fingerprint density at radius 1 is 1.07 bits per heavy atom. The second-order valence-corrected chi connectivity index (χ2v) is 11.9. The van der Waals surface area contributed by atoms with Crippen molar-refractivity contribution in [3.63, 3.8) is 0 Å². The molecule has 226 valence electrons. The Hall–Kier alpha value is -4.42. The van der Waals surface area contributed by atoms with E-state index in [-0.39, 0.29) is 34.9 Å². The third-order valence-electron chi connectivity index (χ3n) is 6.74. The highest BCUT2D eigenvalue weighted by Crippen LogP contribution is 2.31. The summed E-state index contributed by atoms with van der Waals surface area (Å²) in [5.41, 5.74) is -1.27. The molecule has 12 nitrogen and oxygen atoms in total. The fraction of sp³-hybridized carbons (Fsp3) is 0.483. The van der Waals surface area contributed by atoms with Crippen molar-refractivity contribution in [1.82, 2.24) is 25.1 Å². The van der Waals surface area contributed by atoms with Crippen molar-refractivity contribution in [3.05, 3.63) is 69.3 Å². The number of amides is 2. The molecule has 0 saturated heterocycles. The van der Waals surface area contributed by atoms with Gasteiger partial charge in [0.05, 0.1) is 24.3 Å². The number of nitrogens with zero attached hydrogens (tertiary/aromatic N) is 4. The lowest BCUT2D eigenvalue weighted by atomic mass is 9.84. The molecule has 0 bridgehead atoms. The molecule has 13 heteroatoms. The van der Waals surface area contributed by atoms with Gasteiger partial charge in [-0.05, 0) is 44.4 Å². The van der Waals surface area contributed by atoms with Gasteiger partial charge in [0, 0.05) is 5.41 Å². The van der Waals surface area contributed by atoms with Crippen LogP contribution in [-0.4, -0.2) is 50.7 Å². The number of anilines is 1. The number of rotatable bonds is 9. The fourth-order valence-corrected chi connectivity index (χ4v) is 4.27. The summed E-state index contributed by atoms with van der Waals surface area (Å²) >= 11 is 0. The van der Waals surface area contributed by atoms with Crippen LogP contribution in [0.15, 0.2) is 33.5 Å². The van der Waals surface area contributed by atoms with Crippen LogP contribution in [0.5, 0.6) is 0 Å². The van der Waals surface area contributed by atoms with Crippen LogP contribution in [-0.2, 0) is 26.9 Å². The van der Waals surface area contributed by atoms with Crippen molar-refractivity contribution in [2.75, 3.05) is 12.4 Å². The molecule has 0 spiro atoms. The molecule has 0 aliphatic rings. The van der Waals surface area contributed by atoms with Gasteiger partial charge in [0.1, 0.15) is 23.9 Å². The Morgan fingerprint density at radius 2 is 1.69 bits per heavy atom. The van der Waals surface area contributed by atoms with E-state index in [2.05, 4.69) is 30.6 Å². The van der Waals surface area contributed by atoms with Gasteiger partial charge < -0.3 is 14.5 Å². The van der Waals surface area contributed by atoms with E-state index in [9.17, 15) is 23.6 Å². The molecule has 0 aliphatic heterocycles. The van der Waals surface area contributed by atoms with Crippen molar-refractivity contribution >= 4 is 23.5 Å². The minimum atomic E-state index is -1.06. The zero-order valence-corrected chi connectivity index (χ0v) is 25.3. The minimum absolute atomic E-state index is 0.124. The van der Waals surface area contributed by atoms with Gasteiger partial charge >= 0.3 is 6.09 Å². The molecular formula is C29H37FN6O6. The third kappa shape index (κ3) is 6.89. The van der Waals surface area contributed by atoms with Gasteiger partial charge in [-0.1, -0.05) is 46.8 Å². The molecule has 2 N–H and O–H groups in total. The van der Waals surface area contributed by atoms with Gasteiger partial charge in [0.15, 0.2) is 0 Å². The van der Waals surface area contributed by atoms with Crippen LogP contribution in [0.25, 0.3) is 0 Å². The lowest BCUT2D eigenvalue weighted by molar-refractivity contribution is -0.122. The Bertz CT molecular complexity index is 1540. The van der Waals surface area contributed by atoms with E-state index in [0.717, 1.165) is 11.7 Å². The first-order valence-electron chi connectivity index (χ1n) is 13.4. The van der Waals surface area contributed by atoms with E-state index in [1.54, 1.807) is 46.8 Å². The number of hydrogen-bond acceptors (Lipinski definition) is 9. The standard InChI is InChI=1S/C29H37FN6O6/c1-15(2)20(22(38)23-34-35-26(42-23)29(7,8)17-10-12-18(30)13-11-17)32-19(37)14-36-24(39)21(33-27(40)41-9)16(3)31-25(36)28(4,5)6/h10-13,15,20H,14H2,1-9H3,(H,32,37)(H,33,40). The molecule has 0 saturated carbocycles. The summed E-state index contributed by atoms with van der Waals surface area (Å²) in [4.78, 5) is 56.4. The van der Waals surface area contributed by atoms with Crippen LogP contribution >= 0.6 is 0 Å². The number of aryl methyl sites for hydroxylation is 1. The number of carbonyl (C=O) groups is 3. The summed E-state index contributed by atoms with van der Waals surface area (Å²) in [5, 5.41) is 13.0. The first-order valence-corrected chi connectivity index (χ1v) is 13.4. The smallest absolute Gasteiger partial charge is 0.411 e. The zero-order chi connectivity index (χ0) is 31.6. The average molecular weight is 585 g/mol. The predicted octanol–water partition coefficient (Wildman–Crippen LogP) is 3.90. The number of ether oxygens (including phenoxy) is 1.